The van der Waals surface area contributed by atoms with E-state index in [4.69, 9.17) is 0 Å². The third-order valence-corrected chi connectivity index (χ3v) is 3.94. The highest BCUT2D eigenvalue weighted by molar-refractivity contribution is 5.85. The lowest BCUT2D eigenvalue weighted by Gasteiger charge is -2.27. The number of nitrogens with one attached hydrogen (secondary N) is 2. The summed E-state index contributed by atoms with van der Waals surface area (Å²) in [6.07, 6.45) is 9.50. The second kappa shape index (κ2) is 7.93. The molecule has 0 atom stereocenters. The van der Waals surface area contributed by atoms with Crippen molar-refractivity contribution >= 4 is 18.3 Å². The normalized spacial score (nSPS) is 22.8. The number of halogens is 1. The zero-order valence-corrected chi connectivity index (χ0v) is 11.4. The van der Waals surface area contributed by atoms with Crippen molar-refractivity contribution in [3.63, 3.8) is 0 Å². The molecular weight excluding hydrogens is 236 g/mol. The average Bonchev–Trinajstić information content (AvgIpc) is 2.13. The number of amides is 1. The number of hydrogen-bond acceptors (Lipinski definition) is 2. The van der Waals surface area contributed by atoms with Gasteiger partial charge in [-0.25, -0.2) is 0 Å². The topological polar surface area (TPSA) is 41.1 Å². The van der Waals surface area contributed by atoms with Crippen molar-refractivity contribution in [2.24, 2.45) is 11.8 Å². The monoisotopic (exact) mass is 260 g/mol. The molecule has 1 amide bonds. The van der Waals surface area contributed by atoms with E-state index in [1.165, 1.54) is 44.9 Å². The van der Waals surface area contributed by atoms with Crippen LogP contribution in [-0.4, -0.2) is 25.5 Å². The van der Waals surface area contributed by atoms with Gasteiger partial charge in [0.1, 0.15) is 0 Å². The van der Waals surface area contributed by atoms with Gasteiger partial charge in [0.2, 0.25) is 5.91 Å². The van der Waals surface area contributed by atoms with Gasteiger partial charge in [-0.15, -0.1) is 12.4 Å². The molecule has 4 heteroatoms. The van der Waals surface area contributed by atoms with Gasteiger partial charge in [0.25, 0.3) is 0 Å². The van der Waals surface area contributed by atoms with E-state index in [1.54, 1.807) is 0 Å². The van der Waals surface area contributed by atoms with Crippen LogP contribution in [0.25, 0.3) is 0 Å². The maximum Gasteiger partial charge on any atom is 0.225 e. The summed E-state index contributed by atoms with van der Waals surface area (Å²) in [5.74, 6) is 1.24. The molecule has 0 unspecified atom stereocenters. The molecule has 0 aromatic heterocycles. The van der Waals surface area contributed by atoms with Crippen molar-refractivity contribution in [3.05, 3.63) is 0 Å². The van der Waals surface area contributed by atoms with Gasteiger partial charge in [-0.05, 0) is 18.8 Å². The summed E-state index contributed by atoms with van der Waals surface area (Å²) >= 11 is 0. The van der Waals surface area contributed by atoms with Crippen LogP contribution in [0.4, 0.5) is 0 Å². The molecule has 17 heavy (non-hydrogen) atoms. The smallest absolute Gasteiger partial charge is 0.225 e. The predicted molar refractivity (Wildman–Crippen MR) is 72.4 cm³/mol. The molecule has 0 spiro atoms. The van der Waals surface area contributed by atoms with Crippen LogP contribution in [0.5, 0.6) is 0 Å². The van der Waals surface area contributed by atoms with E-state index >= 15 is 0 Å². The number of carbonyl (C=O) groups excluding carboxylic acids is 1. The van der Waals surface area contributed by atoms with E-state index in [0.717, 1.165) is 25.6 Å². The van der Waals surface area contributed by atoms with Crippen LogP contribution < -0.4 is 10.6 Å². The molecule has 2 aliphatic rings. The average molecular weight is 261 g/mol. The van der Waals surface area contributed by atoms with Crippen molar-refractivity contribution < 1.29 is 4.79 Å². The fourth-order valence-electron chi connectivity index (χ4n) is 2.61. The number of rotatable bonds is 3. The number of carbonyl (C=O) groups is 1. The van der Waals surface area contributed by atoms with Crippen LogP contribution in [0, 0.1) is 11.8 Å². The molecule has 0 aromatic carbocycles. The SMILES string of the molecule is Cl.O=C(NCC1CCCCCCC1)C1CNC1. The minimum absolute atomic E-state index is 0. The number of hydrogen-bond donors (Lipinski definition) is 2. The Labute approximate surface area is 111 Å². The van der Waals surface area contributed by atoms with Gasteiger partial charge < -0.3 is 10.6 Å². The van der Waals surface area contributed by atoms with Crippen LogP contribution in [-0.2, 0) is 4.79 Å². The Morgan fingerprint density at radius 1 is 1.06 bits per heavy atom. The first-order valence-corrected chi connectivity index (χ1v) is 6.84. The van der Waals surface area contributed by atoms with E-state index in [1.807, 2.05) is 0 Å². The van der Waals surface area contributed by atoms with Gasteiger partial charge >= 0.3 is 0 Å². The molecule has 1 saturated heterocycles. The van der Waals surface area contributed by atoms with Crippen molar-refractivity contribution in [2.45, 2.75) is 44.9 Å². The Balaban J connectivity index is 0.00000144. The summed E-state index contributed by atoms with van der Waals surface area (Å²) in [6.45, 7) is 2.66. The molecule has 0 radical (unpaired) electrons. The minimum Gasteiger partial charge on any atom is -0.356 e. The first kappa shape index (κ1) is 14.8. The summed E-state index contributed by atoms with van der Waals surface area (Å²) in [4.78, 5) is 11.7. The minimum atomic E-state index is 0. The maximum absolute atomic E-state index is 11.7. The van der Waals surface area contributed by atoms with Crippen molar-refractivity contribution in [1.82, 2.24) is 10.6 Å². The predicted octanol–water partition coefficient (Wildman–Crippen LogP) is 2.10. The van der Waals surface area contributed by atoms with E-state index in [-0.39, 0.29) is 24.2 Å². The van der Waals surface area contributed by atoms with Crippen LogP contribution >= 0.6 is 12.4 Å². The highest BCUT2D eigenvalue weighted by Gasteiger charge is 2.25. The van der Waals surface area contributed by atoms with Crippen molar-refractivity contribution in [3.8, 4) is 0 Å². The molecule has 2 N–H and O–H groups in total. The molecule has 1 saturated carbocycles. The highest BCUT2D eigenvalue weighted by atomic mass is 35.5. The fraction of sp³-hybridized carbons (Fsp3) is 0.923. The van der Waals surface area contributed by atoms with E-state index in [2.05, 4.69) is 10.6 Å². The van der Waals surface area contributed by atoms with E-state index in [0.29, 0.717) is 0 Å². The Hall–Kier alpha value is -0.280. The summed E-state index contributed by atoms with van der Waals surface area (Å²) in [6, 6.07) is 0. The standard InChI is InChI=1S/C13H24N2O.ClH/c16-13(12-9-14-10-12)15-8-11-6-4-2-1-3-5-7-11;/h11-12,14H,1-10H2,(H,15,16);1H. The van der Waals surface area contributed by atoms with Crippen molar-refractivity contribution in [2.75, 3.05) is 19.6 Å². The van der Waals surface area contributed by atoms with E-state index < -0.39 is 0 Å². The second-order valence-electron chi connectivity index (χ2n) is 5.31. The molecule has 1 aliphatic heterocycles. The molecule has 0 aromatic rings. The second-order valence-corrected chi connectivity index (χ2v) is 5.31. The summed E-state index contributed by atoms with van der Waals surface area (Å²) in [5, 5.41) is 6.26. The van der Waals surface area contributed by atoms with Gasteiger partial charge in [0.05, 0.1) is 5.92 Å². The quantitative estimate of drug-likeness (QED) is 0.816. The molecule has 3 nitrogen and oxygen atoms in total. The summed E-state index contributed by atoms with van der Waals surface area (Å²) in [5.41, 5.74) is 0. The zero-order chi connectivity index (χ0) is 11.2. The molecule has 2 rings (SSSR count). The van der Waals surface area contributed by atoms with Gasteiger partial charge in [0.15, 0.2) is 0 Å². The van der Waals surface area contributed by atoms with Gasteiger partial charge in [-0.1, -0.05) is 32.1 Å². The van der Waals surface area contributed by atoms with Gasteiger partial charge in [0, 0.05) is 19.6 Å². The lowest BCUT2D eigenvalue weighted by Crippen LogP contribution is -2.51. The lowest BCUT2D eigenvalue weighted by atomic mass is 9.91. The first-order valence-electron chi connectivity index (χ1n) is 6.84. The van der Waals surface area contributed by atoms with Crippen LogP contribution in [0.15, 0.2) is 0 Å². The van der Waals surface area contributed by atoms with Crippen LogP contribution in [0.3, 0.4) is 0 Å². The van der Waals surface area contributed by atoms with Gasteiger partial charge in [-0.3, -0.25) is 4.79 Å². The largest absolute Gasteiger partial charge is 0.356 e. The Bertz CT molecular complexity index is 223. The fourth-order valence-corrected chi connectivity index (χ4v) is 2.61. The van der Waals surface area contributed by atoms with Crippen molar-refractivity contribution in [1.29, 1.82) is 0 Å². The van der Waals surface area contributed by atoms with E-state index in [9.17, 15) is 4.79 Å². The molecule has 100 valence electrons. The Morgan fingerprint density at radius 2 is 1.65 bits per heavy atom. The molecule has 1 heterocycles. The Kier molecular flexibility index (Phi) is 6.90. The Morgan fingerprint density at radius 3 is 2.18 bits per heavy atom. The van der Waals surface area contributed by atoms with Crippen LogP contribution in [0.2, 0.25) is 0 Å². The summed E-state index contributed by atoms with van der Waals surface area (Å²) in [7, 11) is 0. The lowest BCUT2D eigenvalue weighted by molar-refractivity contribution is -0.126. The maximum atomic E-state index is 11.7. The highest BCUT2D eigenvalue weighted by Crippen LogP contribution is 2.21. The molecular formula is C13H25ClN2O. The van der Waals surface area contributed by atoms with Crippen LogP contribution in [0.1, 0.15) is 44.9 Å². The third-order valence-electron chi connectivity index (χ3n) is 3.94. The summed E-state index contributed by atoms with van der Waals surface area (Å²) < 4.78 is 0. The third kappa shape index (κ3) is 4.84. The zero-order valence-electron chi connectivity index (χ0n) is 10.5. The van der Waals surface area contributed by atoms with Gasteiger partial charge in [-0.2, -0.15) is 0 Å². The molecule has 2 fully saturated rings. The molecule has 0 bridgehead atoms. The molecule has 1 aliphatic carbocycles. The first-order chi connectivity index (χ1) is 7.86.